The van der Waals surface area contributed by atoms with Gasteiger partial charge in [-0.1, -0.05) is 36.4 Å². The lowest BCUT2D eigenvalue weighted by Gasteiger charge is -2.15. The molecule has 0 radical (unpaired) electrons. The number of benzene rings is 1. The molecule has 4 heterocycles. The molecular weight excluding hydrogens is 402 g/mol. The number of nitrogens with two attached hydrogens (primary N) is 1. The van der Waals surface area contributed by atoms with Crippen molar-refractivity contribution in [1.29, 1.82) is 0 Å². The molecule has 4 aromatic rings. The van der Waals surface area contributed by atoms with Gasteiger partial charge in [0.25, 0.3) is 5.91 Å². The molecule has 162 valence electrons. The third-order valence-corrected chi connectivity index (χ3v) is 5.81. The molecule has 0 saturated heterocycles. The smallest absolute Gasteiger partial charge is 0.265 e. The Bertz CT molecular complexity index is 1300. The normalized spacial score (nSPS) is 13.3. The third kappa shape index (κ3) is 3.66. The van der Waals surface area contributed by atoms with Gasteiger partial charge >= 0.3 is 0 Å². The van der Waals surface area contributed by atoms with Gasteiger partial charge < -0.3 is 20.2 Å². The van der Waals surface area contributed by atoms with Crippen LogP contribution in [0.1, 0.15) is 40.0 Å². The molecule has 0 atom stereocenters. The highest BCUT2D eigenvalue weighted by atomic mass is 16.5. The van der Waals surface area contributed by atoms with Crippen molar-refractivity contribution in [2.75, 3.05) is 11.9 Å². The summed E-state index contributed by atoms with van der Waals surface area (Å²) in [7, 11) is 0. The number of hydrogen-bond acceptors (Lipinski definition) is 5. The van der Waals surface area contributed by atoms with E-state index in [4.69, 9.17) is 20.4 Å². The number of pyridine rings is 1. The van der Waals surface area contributed by atoms with E-state index in [1.54, 1.807) is 10.5 Å². The molecule has 0 fully saturated rings. The van der Waals surface area contributed by atoms with Crippen LogP contribution in [0.5, 0.6) is 5.88 Å². The molecule has 7 nitrogen and oxygen atoms in total. The van der Waals surface area contributed by atoms with Crippen molar-refractivity contribution in [1.82, 2.24) is 14.4 Å². The van der Waals surface area contributed by atoms with Gasteiger partial charge in [-0.25, -0.2) is 4.98 Å². The van der Waals surface area contributed by atoms with E-state index in [9.17, 15) is 4.79 Å². The number of carbonyl (C=O) groups excluding carboxylic acids is 1. The van der Waals surface area contributed by atoms with Crippen molar-refractivity contribution in [2.45, 2.75) is 32.7 Å². The monoisotopic (exact) mass is 427 g/mol. The molecule has 1 amide bonds. The van der Waals surface area contributed by atoms with E-state index in [1.165, 1.54) is 5.56 Å². The SMILES string of the molecule is Cc1cn2c(C(N)=O)cccc2c1-c1nc(NCc2ccccc2)c2c(n1)OCCCC2. The Morgan fingerprint density at radius 1 is 1.12 bits per heavy atom. The predicted molar refractivity (Wildman–Crippen MR) is 124 cm³/mol. The van der Waals surface area contributed by atoms with Crippen molar-refractivity contribution in [2.24, 2.45) is 5.73 Å². The summed E-state index contributed by atoms with van der Waals surface area (Å²) in [6.45, 7) is 3.29. The van der Waals surface area contributed by atoms with Gasteiger partial charge in [0.05, 0.1) is 17.7 Å². The minimum Gasteiger partial charge on any atom is -0.477 e. The number of nitrogens with one attached hydrogen (secondary N) is 1. The van der Waals surface area contributed by atoms with Gasteiger partial charge in [0.2, 0.25) is 5.88 Å². The topological polar surface area (TPSA) is 94.5 Å². The minimum absolute atomic E-state index is 0.422. The number of hydrogen-bond donors (Lipinski definition) is 2. The third-order valence-electron chi connectivity index (χ3n) is 5.81. The highest BCUT2D eigenvalue weighted by Crippen LogP contribution is 2.34. The number of aryl methyl sites for hydroxylation is 1. The lowest BCUT2D eigenvalue weighted by molar-refractivity contribution is 0.0994. The molecule has 7 heteroatoms. The molecule has 32 heavy (non-hydrogen) atoms. The first-order chi connectivity index (χ1) is 15.6. The summed E-state index contributed by atoms with van der Waals surface area (Å²) >= 11 is 0. The summed E-state index contributed by atoms with van der Waals surface area (Å²) in [5.74, 6) is 1.52. The van der Waals surface area contributed by atoms with Crippen LogP contribution in [0.2, 0.25) is 0 Å². The Labute approximate surface area is 186 Å². The maximum absolute atomic E-state index is 11.9. The molecule has 0 saturated carbocycles. The van der Waals surface area contributed by atoms with E-state index in [0.717, 1.165) is 47.3 Å². The van der Waals surface area contributed by atoms with Crippen LogP contribution in [-0.2, 0) is 13.0 Å². The number of primary amides is 1. The van der Waals surface area contributed by atoms with E-state index in [0.29, 0.717) is 30.5 Å². The molecule has 1 aliphatic rings. The average molecular weight is 428 g/mol. The molecule has 5 rings (SSSR count). The molecule has 0 aliphatic carbocycles. The van der Waals surface area contributed by atoms with Crippen molar-refractivity contribution in [3.63, 3.8) is 0 Å². The highest BCUT2D eigenvalue weighted by Gasteiger charge is 2.22. The number of fused-ring (bicyclic) bond motifs is 2. The highest BCUT2D eigenvalue weighted by molar-refractivity contribution is 5.93. The van der Waals surface area contributed by atoms with Crippen molar-refractivity contribution >= 4 is 17.2 Å². The summed E-state index contributed by atoms with van der Waals surface area (Å²) in [6.07, 6.45) is 4.79. The Kier molecular flexibility index (Phi) is 5.23. The largest absolute Gasteiger partial charge is 0.477 e. The van der Waals surface area contributed by atoms with Crippen molar-refractivity contribution < 1.29 is 9.53 Å². The van der Waals surface area contributed by atoms with Gasteiger partial charge in [-0.3, -0.25) is 4.79 Å². The van der Waals surface area contributed by atoms with Crippen molar-refractivity contribution in [3.05, 3.63) is 77.1 Å². The summed E-state index contributed by atoms with van der Waals surface area (Å²) in [6, 6.07) is 15.7. The van der Waals surface area contributed by atoms with Crippen LogP contribution < -0.4 is 15.8 Å². The van der Waals surface area contributed by atoms with E-state index in [-0.39, 0.29) is 0 Å². The molecule has 1 aromatic carbocycles. The number of aromatic nitrogens is 3. The van der Waals surface area contributed by atoms with Gasteiger partial charge in [-0.2, -0.15) is 4.98 Å². The van der Waals surface area contributed by atoms with Crippen LogP contribution in [0.4, 0.5) is 5.82 Å². The van der Waals surface area contributed by atoms with Crippen LogP contribution in [0.25, 0.3) is 16.9 Å². The number of carbonyl (C=O) groups is 1. The number of rotatable bonds is 5. The molecule has 0 bridgehead atoms. The van der Waals surface area contributed by atoms with E-state index < -0.39 is 5.91 Å². The first-order valence-electron chi connectivity index (χ1n) is 10.8. The fourth-order valence-electron chi connectivity index (χ4n) is 4.24. The number of nitrogens with zero attached hydrogens (tertiary/aromatic N) is 3. The van der Waals surface area contributed by atoms with E-state index in [2.05, 4.69) is 17.4 Å². The van der Waals surface area contributed by atoms with E-state index >= 15 is 0 Å². The summed E-state index contributed by atoms with van der Waals surface area (Å²) < 4.78 is 7.83. The zero-order chi connectivity index (χ0) is 22.1. The summed E-state index contributed by atoms with van der Waals surface area (Å²) in [5.41, 5.74) is 10.9. The summed E-state index contributed by atoms with van der Waals surface area (Å²) in [5, 5.41) is 3.50. The Balaban J connectivity index is 1.63. The molecule has 0 unspecified atom stereocenters. The van der Waals surface area contributed by atoms with Gasteiger partial charge in [-0.05, 0) is 49.4 Å². The lowest BCUT2D eigenvalue weighted by Crippen LogP contribution is -2.14. The zero-order valence-corrected chi connectivity index (χ0v) is 18.0. The molecule has 3 aromatic heterocycles. The number of amides is 1. The maximum atomic E-state index is 11.9. The van der Waals surface area contributed by atoms with E-state index in [1.807, 2.05) is 43.5 Å². The molecule has 3 N–H and O–H groups in total. The molecule has 0 spiro atoms. The van der Waals surface area contributed by atoms with Gasteiger partial charge in [-0.15, -0.1) is 0 Å². The predicted octanol–water partition coefficient (Wildman–Crippen LogP) is 4.13. The first-order valence-corrected chi connectivity index (χ1v) is 10.8. The average Bonchev–Trinajstić information content (AvgIpc) is 2.96. The minimum atomic E-state index is -0.478. The van der Waals surface area contributed by atoms with Crippen molar-refractivity contribution in [3.8, 4) is 17.3 Å². The second-order valence-corrected chi connectivity index (χ2v) is 8.04. The number of ether oxygens (including phenoxy) is 1. The maximum Gasteiger partial charge on any atom is 0.265 e. The first kappa shape index (κ1) is 20.1. The fraction of sp³-hybridized carbons (Fsp3) is 0.240. The van der Waals surface area contributed by atoms with Crippen LogP contribution in [0.15, 0.2) is 54.7 Å². The lowest BCUT2D eigenvalue weighted by atomic mass is 10.1. The second-order valence-electron chi connectivity index (χ2n) is 8.04. The zero-order valence-electron chi connectivity index (χ0n) is 18.0. The van der Waals surface area contributed by atoms with Gasteiger partial charge in [0.15, 0.2) is 5.82 Å². The standard InChI is InChI=1S/C25H25N5O2/c1-16-15-30-19(11-7-12-20(30)22(26)31)21(16)24-28-23(27-14-17-8-3-2-4-9-17)18-10-5-6-13-32-25(18)29-24/h2-4,7-9,11-12,15H,5-6,10,13-14H2,1H3,(H2,26,31)(H,27,28,29). The van der Waals surface area contributed by atoms with Gasteiger partial charge in [0, 0.05) is 18.3 Å². The molecule has 1 aliphatic heterocycles. The Morgan fingerprint density at radius 3 is 2.78 bits per heavy atom. The quantitative estimate of drug-likeness (QED) is 0.499. The summed E-state index contributed by atoms with van der Waals surface area (Å²) in [4.78, 5) is 21.7. The fourth-order valence-corrected chi connectivity index (χ4v) is 4.24. The van der Waals surface area contributed by atoms with Crippen LogP contribution in [0.3, 0.4) is 0 Å². The second kappa shape index (κ2) is 8.34. The van der Waals surface area contributed by atoms with Crippen LogP contribution >= 0.6 is 0 Å². The molecular formula is C25H25N5O2. The Morgan fingerprint density at radius 2 is 1.97 bits per heavy atom. The Hall–Kier alpha value is -3.87. The van der Waals surface area contributed by atoms with Gasteiger partial charge in [0.1, 0.15) is 11.5 Å². The number of anilines is 1. The van der Waals surface area contributed by atoms with Crippen LogP contribution in [0, 0.1) is 6.92 Å². The van der Waals surface area contributed by atoms with Crippen LogP contribution in [-0.4, -0.2) is 26.9 Å².